The van der Waals surface area contributed by atoms with Crippen LogP contribution in [-0.2, 0) is 10.5 Å². The Morgan fingerprint density at radius 3 is 2.67 bits per heavy atom. The molecule has 1 amide bonds. The maximum Gasteiger partial charge on any atom is 0.234 e. The predicted octanol–water partition coefficient (Wildman–Crippen LogP) is 3.88. The molecule has 2 aromatic carbocycles. The van der Waals surface area contributed by atoms with Crippen molar-refractivity contribution in [3.63, 3.8) is 0 Å². The van der Waals surface area contributed by atoms with Crippen LogP contribution in [0.25, 0.3) is 0 Å². The molecule has 21 heavy (non-hydrogen) atoms. The van der Waals surface area contributed by atoms with Crippen LogP contribution in [0.3, 0.4) is 0 Å². The molecule has 4 heteroatoms. The van der Waals surface area contributed by atoms with Crippen molar-refractivity contribution in [2.24, 2.45) is 0 Å². The molecule has 110 valence electrons. The second kappa shape index (κ2) is 7.74. The zero-order chi connectivity index (χ0) is 15.1. The number of hydrogen-bond acceptors (Lipinski definition) is 3. The fourth-order valence-corrected chi connectivity index (χ4v) is 2.63. The van der Waals surface area contributed by atoms with E-state index in [4.69, 9.17) is 4.74 Å². The highest BCUT2D eigenvalue weighted by atomic mass is 32.2. The van der Waals surface area contributed by atoms with Crippen LogP contribution in [0, 0.1) is 6.92 Å². The molecule has 3 nitrogen and oxygen atoms in total. The van der Waals surface area contributed by atoms with Crippen molar-refractivity contribution in [1.29, 1.82) is 0 Å². The van der Waals surface area contributed by atoms with Crippen molar-refractivity contribution in [2.45, 2.75) is 12.7 Å². The van der Waals surface area contributed by atoms with Gasteiger partial charge in [0, 0.05) is 11.4 Å². The molecule has 0 bridgehead atoms. The van der Waals surface area contributed by atoms with Gasteiger partial charge in [-0.15, -0.1) is 11.8 Å². The van der Waals surface area contributed by atoms with E-state index in [9.17, 15) is 4.79 Å². The zero-order valence-electron chi connectivity index (χ0n) is 12.3. The van der Waals surface area contributed by atoms with E-state index in [1.165, 1.54) is 5.56 Å². The third-order valence-corrected chi connectivity index (χ3v) is 3.98. The standard InChI is InChI=1S/C17H19NO2S/c1-13-6-8-15(9-7-13)18-17(19)12-21-11-14-4-3-5-16(10-14)20-2/h3-10H,11-12H2,1-2H3,(H,18,19). The van der Waals surface area contributed by atoms with Gasteiger partial charge in [0.15, 0.2) is 0 Å². The molecule has 0 unspecified atom stereocenters. The first kappa shape index (κ1) is 15.4. The summed E-state index contributed by atoms with van der Waals surface area (Å²) in [4.78, 5) is 11.9. The molecule has 0 aliphatic heterocycles. The Bertz CT molecular complexity index is 596. The number of aryl methyl sites for hydroxylation is 1. The van der Waals surface area contributed by atoms with Crippen molar-refractivity contribution >= 4 is 23.4 Å². The highest BCUT2D eigenvalue weighted by Crippen LogP contribution is 2.18. The Hall–Kier alpha value is -1.94. The van der Waals surface area contributed by atoms with Crippen molar-refractivity contribution < 1.29 is 9.53 Å². The number of carbonyl (C=O) groups excluding carboxylic acids is 1. The third-order valence-electron chi connectivity index (χ3n) is 2.97. The number of hydrogen-bond donors (Lipinski definition) is 1. The summed E-state index contributed by atoms with van der Waals surface area (Å²) < 4.78 is 5.18. The molecule has 0 atom stereocenters. The molecule has 0 radical (unpaired) electrons. The summed E-state index contributed by atoms with van der Waals surface area (Å²) in [6.45, 7) is 2.02. The summed E-state index contributed by atoms with van der Waals surface area (Å²) in [6.07, 6.45) is 0. The fourth-order valence-electron chi connectivity index (χ4n) is 1.86. The van der Waals surface area contributed by atoms with Gasteiger partial charge in [0.2, 0.25) is 5.91 Å². The average Bonchev–Trinajstić information content (AvgIpc) is 2.50. The van der Waals surface area contributed by atoms with Gasteiger partial charge in [-0.1, -0.05) is 29.8 Å². The van der Waals surface area contributed by atoms with E-state index in [1.54, 1.807) is 18.9 Å². The van der Waals surface area contributed by atoms with Crippen LogP contribution < -0.4 is 10.1 Å². The first-order valence-electron chi connectivity index (χ1n) is 6.74. The van der Waals surface area contributed by atoms with Crippen molar-refractivity contribution in [3.05, 3.63) is 59.7 Å². The summed E-state index contributed by atoms with van der Waals surface area (Å²) in [7, 11) is 1.65. The number of methoxy groups -OCH3 is 1. The van der Waals surface area contributed by atoms with Gasteiger partial charge >= 0.3 is 0 Å². The Kier molecular flexibility index (Phi) is 5.69. The second-order valence-electron chi connectivity index (χ2n) is 4.76. The number of rotatable bonds is 6. The highest BCUT2D eigenvalue weighted by Gasteiger charge is 2.03. The molecule has 0 saturated carbocycles. The Morgan fingerprint density at radius 1 is 1.19 bits per heavy atom. The number of anilines is 1. The van der Waals surface area contributed by atoms with Crippen LogP contribution in [0.5, 0.6) is 5.75 Å². The number of amides is 1. The van der Waals surface area contributed by atoms with Crippen LogP contribution in [-0.4, -0.2) is 18.8 Å². The smallest absolute Gasteiger partial charge is 0.234 e. The summed E-state index contributed by atoms with van der Waals surface area (Å²) in [5.41, 5.74) is 3.18. The molecule has 0 saturated heterocycles. The van der Waals surface area contributed by atoms with Crippen LogP contribution in [0.1, 0.15) is 11.1 Å². The van der Waals surface area contributed by atoms with Gasteiger partial charge in [-0.2, -0.15) is 0 Å². The van der Waals surface area contributed by atoms with Crippen molar-refractivity contribution in [1.82, 2.24) is 0 Å². The highest BCUT2D eigenvalue weighted by molar-refractivity contribution is 7.99. The largest absolute Gasteiger partial charge is 0.497 e. The number of benzene rings is 2. The fraction of sp³-hybridized carbons (Fsp3) is 0.235. The van der Waals surface area contributed by atoms with Gasteiger partial charge in [-0.3, -0.25) is 4.79 Å². The number of thioether (sulfide) groups is 1. The zero-order valence-corrected chi connectivity index (χ0v) is 13.1. The quantitative estimate of drug-likeness (QED) is 0.880. The van der Waals surface area contributed by atoms with E-state index < -0.39 is 0 Å². The monoisotopic (exact) mass is 301 g/mol. The normalized spacial score (nSPS) is 10.2. The van der Waals surface area contributed by atoms with E-state index in [2.05, 4.69) is 5.32 Å². The summed E-state index contributed by atoms with van der Waals surface area (Å²) in [6, 6.07) is 15.7. The van der Waals surface area contributed by atoms with Gasteiger partial charge in [-0.05, 0) is 36.8 Å². The summed E-state index contributed by atoms with van der Waals surface area (Å²) >= 11 is 1.59. The maximum absolute atomic E-state index is 11.9. The molecule has 0 aliphatic carbocycles. The van der Waals surface area contributed by atoms with E-state index in [0.29, 0.717) is 5.75 Å². The number of carbonyl (C=O) groups is 1. The molecule has 0 heterocycles. The summed E-state index contributed by atoms with van der Waals surface area (Å²) in [5, 5.41) is 2.89. The Labute approximate surface area is 129 Å². The molecular formula is C17H19NO2S. The summed E-state index contributed by atoms with van der Waals surface area (Å²) in [5.74, 6) is 2.09. The predicted molar refractivity (Wildman–Crippen MR) is 89.0 cm³/mol. The van der Waals surface area contributed by atoms with Crippen LogP contribution >= 0.6 is 11.8 Å². The van der Waals surface area contributed by atoms with Crippen LogP contribution in [0.4, 0.5) is 5.69 Å². The molecule has 0 aromatic heterocycles. The van der Waals surface area contributed by atoms with Crippen LogP contribution in [0.15, 0.2) is 48.5 Å². The van der Waals surface area contributed by atoms with Gasteiger partial charge < -0.3 is 10.1 Å². The SMILES string of the molecule is COc1cccc(CSCC(=O)Nc2ccc(C)cc2)c1. The van der Waals surface area contributed by atoms with Gasteiger partial charge in [0.1, 0.15) is 5.75 Å². The minimum Gasteiger partial charge on any atom is -0.497 e. The molecule has 2 aromatic rings. The number of nitrogens with one attached hydrogen (secondary N) is 1. The van der Waals surface area contributed by atoms with Gasteiger partial charge in [-0.25, -0.2) is 0 Å². The lowest BCUT2D eigenvalue weighted by molar-refractivity contribution is -0.113. The molecular weight excluding hydrogens is 282 g/mol. The van der Waals surface area contributed by atoms with Gasteiger partial charge in [0.05, 0.1) is 12.9 Å². The Morgan fingerprint density at radius 2 is 1.95 bits per heavy atom. The van der Waals surface area contributed by atoms with Gasteiger partial charge in [0.25, 0.3) is 0 Å². The third kappa shape index (κ3) is 5.16. The first-order valence-corrected chi connectivity index (χ1v) is 7.90. The Balaban J connectivity index is 1.77. The number of ether oxygens (including phenoxy) is 1. The minimum atomic E-state index is 0.0201. The lowest BCUT2D eigenvalue weighted by Crippen LogP contribution is -2.14. The van der Waals surface area contributed by atoms with Crippen molar-refractivity contribution in [2.75, 3.05) is 18.2 Å². The molecule has 0 spiro atoms. The topological polar surface area (TPSA) is 38.3 Å². The molecule has 0 aliphatic rings. The van der Waals surface area contributed by atoms with E-state index >= 15 is 0 Å². The molecule has 0 fully saturated rings. The lowest BCUT2D eigenvalue weighted by Gasteiger charge is -2.06. The second-order valence-corrected chi connectivity index (χ2v) is 5.74. The van der Waals surface area contributed by atoms with E-state index in [0.717, 1.165) is 22.8 Å². The first-order chi connectivity index (χ1) is 10.2. The maximum atomic E-state index is 11.9. The molecule has 2 rings (SSSR count). The average molecular weight is 301 g/mol. The minimum absolute atomic E-state index is 0.0201. The van der Waals surface area contributed by atoms with Crippen molar-refractivity contribution in [3.8, 4) is 5.75 Å². The van der Waals surface area contributed by atoms with E-state index in [1.807, 2.05) is 55.5 Å². The van der Waals surface area contributed by atoms with Crippen LogP contribution in [0.2, 0.25) is 0 Å². The van der Waals surface area contributed by atoms with E-state index in [-0.39, 0.29) is 5.91 Å². The molecule has 1 N–H and O–H groups in total. The lowest BCUT2D eigenvalue weighted by atomic mass is 10.2.